The molecule has 2 aromatic carbocycles. The lowest BCUT2D eigenvalue weighted by atomic mass is 10.0. The number of carboxylic acid groups (broad SMARTS) is 1. The first-order valence-corrected chi connectivity index (χ1v) is 10.9. The van der Waals surface area contributed by atoms with Crippen LogP contribution in [0.15, 0.2) is 84.1 Å². The van der Waals surface area contributed by atoms with Crippen LogP contribution in [0, 0.1) is 6.92 Å². The second-order valence-corrected chi connectivity index (χ2v) is 7.73. The van der Waals surface area contributed by atoms with Gasteiger partial charge in [-0.25, -0.2) is 9.78 Å². The number of allylic oxidation sites excluding steroid dienone is 1. The van der Waals surface area contributed by atoms with Crippen LogP contribution < -0.4 is 0 Å². The smallest absolute Gasteiger partial charge is 0.327 e. The van der Waals surface area contributed by atoms with Crippen LogP contribution in [0.1, 0.15) is 35.9 Å². The molecular formula is C27H30N2O3. The molecule has 0 bridgehead atoms. The van der Waals surface area contributed by atoms with Gasteiger partial charge in [0.15, 0.2) is 0 Å². The molecule has 0 aliphatic carbocycles. The maximum absolute atomic E-state index is 11.7. The Balaban J connectivity index is 1.57. The standard InChI is InChI=1S/C27H30N2O3/c1-4-18-29(5-2)25(27(30)31)19-22-16-14-21(15-17-22)10-9-13-24-20(3)32-26(28-24)23-11-7-6-8-12-23/h4-8,11-12,14-18,25H,2,9-10,13,19H2,1,3H3,(H,30,31)/b18-4-. The zero-order valence-corrected chi connectivity index (χ0v) is 18.7. The van der Waals surface area contributed by atoms with Gasteiger partial charge < -0.3 is 14.4 Å². The Bertz CT molecular complexity index is 1050. The van der Waals surface area contributed by atoms with E-state index in [0.29, 0.717) is 12.3 Å². The van der Waals surface area contributed by atoms with Crippen LogP contribution in [0.3, 0.4) is 0 Å². The SMILES string of the molecule is C=CN(/C=C\C)C(Cc1ccc(CCCc2nc(-c3ccccc3)oc2C)cc1)C(=O)O. The number of aryl methyl sites for hydroxylation is 3. The lowest BCUT2D eigenvalue weighted by Crippen LogP contribution is -2.36. The highest BCUT2D eigenvalue weighted by Gasteiger charge is 2.22. The van der Waals surface area contributed by atoms with E-state index in [4.69, 9.17) is 4.42 Å². The topological polar surface area (TPSA) is 66.6 Å². The van der Waals surface area contributed by atoms with Gasteiger partial charge in [-0.2, -0.15) is 0 Å². The van der Waals surface area contributed by atoms with E-state index < -0.39 is 12.0 Å². The molecule has 1 aromatic heterocycles. The van der Waals surface area contributed by atoms with Gasteiger partial charge in [-0.15, -0.1) is 0 Å². The summed E-state index contributed by atoms with van der Waals surface area (Å²) in [7, 11) is 0. The number of oxazole rings is 1. The molecule has 5 nitrogen and oxygen atoms in total. The average Bonchev–Trinajstić information content (AvgIpc) is 3.18. The van der Waals surface area contributed by atoms with Crippen LogP contribution >= 0.6 is 0 Å². The van der Waals surface area contributed by atoms with Gasteiger partial charge in [0.2, 0.25) is 5.89 Å². The molecule has 1 heterocycles. The van der Waals surface area contributed by atoms with E-state index in [9.17, 15) is 9.90 Å². The van der Waals surface area contributed by atoms with Crippen molar-refractivity contribution < 1.29 is 14.3 Å². The lowest BCUT2D eigenvalue weighted by Gasteiger charge is -2.23. The Morgan fingerprint density at radius 1 is 1.12 bits per heavy atom. The largest absolute Gasteiger partial charge is 0.480 e. The van der Waals surface area contributed by atoms with E-state index in [1.54, 1.807) is 23.4 Å². The third-order valence-corrected chi connectivity index (χ3v) is 5.42. The van der Waals surface area contributed by atoms with Crippen LogP contribution in [0.4, 0.5) is 0 Å². The molecule has 32 heavy (non-hydrogen) atoms. The third kappa shape index (κ3) is 5.97. The van der Waals surface area contributed by atoms with Gasteiger partial charge in [0, 0.05) is 18.2 Å². The van der Waals surface area contributed by atoms with Crippen molar-refractivity contribution in [2.45, 2.75) is 45.6 Å². The number of benzene rings is 2. The molecule has 1 N–H and O–H groups in total. The van der Waals surface area contributed by atoms with Crippen molar-refractivity contribution >= 4 is 5.97 Å². The molecule has 0 saturated carbocycles. The first-order chi connectivity index (χ1) is 15.5. The molecule has 0 amide bonds. The quantitative estimate of drug-likeness (QED) is 0.416. The van der Waals surface area contributed by atoms with Crippen molar-refractivity contribution in [1.82, 2.24) is 9.88 Å². The van der Waals surface area contributed by atoms with Gasteiger partial charge in [0.25, 0.3) is 0 Å². The summed E-state index contributed by atoms with van der Waals surface area (Å²) < 4.78 is 5.85. The average molecular weight is 431 g/mol. The van der Waals surface area contributed by atoms with E-state index in [1.165, 1.54) is 5.56 Å². The van der Waals surface area contributed by atoms with E-state index in [2.05, 4.69) is 23.7 Å². The predicted molar refractivity (Wildman–Crippen MR) is 127 cm³/mol. The summed E-state index contributed by atoms with van der Waals surface area (Å²) in [4.78, 5) is 18.0. The Hall–Kier alpha value is -3.60. The molecular weight excluding hydrogens is 400 g/mol. The second-order valence-electron chi connectivity index (χ2n) is 7.73. The van der Waals surface area contributed by atoms with Gasteiger partial charge in [0.1, 0.15) is 11.8 Å². The van der Waals surface area contributed by atoms with Gasteiger partial charge in [0.05, 0.1) is 5.69 Å². The zero-order chi connectivity index (χ0) is 22.9. The fourth-order valence-electron chi connectivity index (χ4n) is 3.67. The Kier molecular flexibility index (Phi) is 8.03. The predicted octanol–water partition coefficient (Wildman–Crippen LogP) is 5.80. The summed E-state index contributed by atoms with van der Waals surface area (Å²) in [5.41, 5.74) is 4.19. The molecule has 0 radical (unpaired) electrons. The van der Waals surface area contributed by atoms with Gasteiger partial charge in [-0.05, 0) is 62.6 Å². The number of hydrogen-bond donors (Lipinski definition) is 1. The fourth-order valence-corrected chi connectivity index (χ4v) is 3.67. The Morgan fingerprint density at radius 2 is 1.81 bits per heavy atom. The van der Waals surface area contributed by atoms with Crippen molar-refractivity contribution in [2.75, 3.05) is 0 Å². The molecule has 0 aliphatic heterocycles. The lowest BCUT2D eigenvalue weighted by molar-refractivity contribution is -0.141. The van der Waals surface area contributed by atoms with Crippen LogP contribution in [-0.2, 0) is 24.1 Å². The molecule has 1 atom stereocenters. The molecule has 3 rings (SSSR count). The van der Waals surface area contributed by atoms with Crippen molar-refractivity contribution in [3.8, 4) is 11.5 Å². The number of aliphatic carboxylic acids is 1. The first kappa shape index (κ1) is 23.1. The maximum atomic E-state index is 11.7. The van der Waals surface area contributed by atoms with E-state index >= 15 is 0 Å². The normalized spacial score (nSPS) is 12.1. The minimum absolute atomic E-state index is 0.409. The number of rotatable bonds is 11. The number of aromatic nitrogens is 1. The summed E-state index contributed by atoms with van der Waals surface area (Å²) >= 11 is 0. The molecule has 1 unspecified atom stereocenters. The highest BCUT2D eigenvalue weighted by atomic mass is 16.4. The van der Waals surface area contributed by atoms with E-state index in [1.807, 2.05) is 56.3 Å². The van der Waals surface area contributed by atoms with Crippen molar-refractivity contribution in [3.05, 3.63) is 102 Å². The summed E-state index contributed by atoms with van der Waals surface area (Å²) in [5.74, 6) is 0.665. The summed E-state index contributed by atoms with van der Waals surface area (Å²) in [5, 5.41) is 9.60. The van der Waals surface area contributed by atoms with Crippen LogP contribution in [0.2, 0.25) is 0 Å². The second kappa shape index (κ2) is 11.1. The molecule has 0 fully saturated rings. The number of carboxylic acids is 1. The number of hydrogen-bond acceptors (Lipinski definition) is 4. The van der Waals surface area contributed by atoms with Gasteiger partial charge >= 0.3 is 5.97 Å². The molecule has 0 spiro atoms. The Morgan fingerprint density at radius 3 is 2.44 bits per heavy atom. The number of carbonyl (C=O) groups is 1. The summed E-state index contributed by atoms with van der Waals surface area (Å²) in [6, 6.07) is 17.4. The minimum atomic E-state index is -0.870. The molecule has 166 valence electrons. The van der Waals surface area contributed by atoms with E-state index in [-0.39, 0.29) is 0 Å². The van der Waals surface area contributed by atoms with Crippen LogP contribution in [0.5, 0.6) is 0 Å². The van der Waals surface area contributed by atoms with Crippen LogP contribution in [-0.4, -0.2) is 27.0 Å². The molecule has 3 aromatic rings. The molecule has 5 heteroatoms. The highest BCUT2D eigenvalue weighted by Crippen LogP contribution is 2.22. The number of nitrogens with zero attached hydrogens (tertiary/aromatic N) is 2. The monoisotopic (exact) mass is 430 g/mol. The van der Waals surface area contributed by atoms with Gasteiger partial charge in [-0.3, -0.25) is 0 Å². The maximum Gasteiger partial charge on any atom is 0.327 e. The van der Waals surface area contributed by atoms with Crippen molar-refractivity contribution in [1.29, 1.82) is 0 Å². The van der Waals surface area contributed by atoms with Crippen molar-refractivity contribution in [2.24, 2.45) is 0 Å². The Labute approximate surface area is 189 Å². The van der Waals surface area contributed by atoms with Crippen LogP contribution in [0.25, 0.3) is 11.5 Å². The third-order valence-electron chi connectivity index (χ3n) is 5.42. The highest BCUT2D eigenvalue weighted by molar-refractivity contribution is 5.74. The summed E-state index contributed by atoms with van der Waals surface area (Å²) in [6.07, 6.45) is 8.23. The minimum Gasteiger partial charge on any atom is -0.480 e. The van der Waals surface area contributed by atoms with Gasteiger partial charge in [-0.1, -0.05) is 55.1 Å². The van der Waals surface area contributed by atoms with Crippen molar-refractivity contribution in [3.63, 3.8) is 0 Å². The zero-order valence-electron chi connectivity index (χ0n) is 18.7. The molecule has 0 aliphatic rings. The fraction of sp³-hybridized carbons (Fsp3) is 0.259. The summed E-state index contributed by atoms with van der Waals surface area (Å²) in [6.45, 7) is 7.54. The molecule has 0 saturated heterocycles. The van der Waals surface area contributed by atoms with E-state index in [0.717, 1.165) is 41.8 Å². The first-order valence-electron chi connectivity index (χ1n) is 10.9.